The van der Waals surface area contributed by atoms with Crippen LogP contribution in [0.1, 0.15) is 5.56 Å². The van der Waals surface area contributed by atoms with Crippen LogP contribution in [0.5, 0.6) is 0 Å². The molecule has 0 aliphatic heterocycles. The number of rotatable bonds is 1. The van der Waals surface area contributed by atoms with Crippen LogP contribution in [0, 0.1) is 6.92 Å². The number of nitrogens with two attached hydrogens (primary N) is 1. The van der Waals surface area contributed by atoms with Gasteiger partial charge in [-0.15, -0.1) is 9.90 Å². The third-order valence-electron chi connectivity index (χ3n) is 1.90. The Hall–Kier alpha value is -1.36. The highest BCUT2D eigenvalue weighted by atomic mass is 79.9. The maximum atomic E-state index is 5.49. The van der Waals surface area contributed by atoms with Gasteiger partial charge in [0.15, 0.2) is 5.82 Å². The van der Waals surface area contributed by atoms with E-state index >= 15 is 0 Å². The summed E-state index contributed by atoms with van der Waals surface area (Å²) in [6, 6.07) is 5.89. The Bertz CT molecular complexity index is 464. The number of halogens is 1. The number of nitrogen functional groups attached to an aromatic ring is 1. The first kappa shape index (κ1) is 9.21. The molecule has 0 saturated heterocycles. The van der Waals surface area contributed by atoms with Gasteiger partial charge >= 0.3 is 0 Å². The summed E-state index contributed by atoms with van der Waals surface area (Å²) in [5.74, 6) is 0.415. The summed E-state index contributed by atoms with van der Waals surface area (Å²) in [6.45, 7) is 2.01. The molecule has 14 heavy (non-hydrogen) atoms. The molecule has 0 aliphatic rings. The van der Waals surface area contributed by atoms with Gasteiger partial charge in [0.25, 0.3) is 0 Å². The van der Waals surface area contributed by atoms with Gasteiger partial charge in [0.1, 0.15) is 5.69 Å². The maximum Gasteiger partial charge on any atom is 0.166 e. The van der Waals surface area contributed by atoms with E-state index in [0.29, 0.717) is 5.82 Å². The van der Waals surface area contributed by atoms with E-state index in [0.717, 1.165) is 15.7 Å². The average molecular weight is 253 g/mol. The van der Waals surface area contributed by atoms with Crippen molar-refractivity contribution in [2.45, 2.75) is 6.92 Å². The number of anilines is 1. The molecule has 1 aromatic heterocycles. The van der Waals surface area contributed by atoms with Crippen LogP contribution in [0.2, 0.25) is 0 Å². The highest BCUT2D eigenvalue weighted by Crippen LogP contribution is 2.23. The zero-order chi connectivity index (χ0) is 10.1. The van der Waals surface area contributed by atoms with E-state index < -0.39 is 0 Å². The lowest BCUT2D eigenvalue weighted by atomic mass is 10.2. The number of aromatic nitrogens is 3. The Morgan fingerprint density at radius 1 is 1.43 bits per heavy atom. The highest BCUT2D eigenvalue weighted by molar-refractivity contribution is 9.10. The molecule has 0 unspecified atom stereocenters. The molecule has 0 spiro atoms. The van der Waals surface area contributed by atoms with Crippen molar-refractivity contribution >= 4 is 21.7 Å². The van der Waals surface area contributed by atoms with Crippen LogP contribution in [-0.2, 0) is 0 Å². The van der Waals surface area contributed by atoms with Gasteiger partial charge < -0.3 is 5.73 Å². The summed E-state index contributed by atoms with van der Waals surface area (Å²) in [5, 5.41) is 8.07. The predicted octanol–water partition coefficient (Wildman–Crippen LogP) is 1.92. The fourth-order valence-electron chi connectivity index (χ4n) is 1.18. The maximum absolute atomic E-state index is 5.49. The quantitative estimate of drug-likeness (QED) is 0.844. The molecular weight excluding hydrogens is 244 g/mol. The molecule has 1 aromatic carbocycles. The summed E-state index contributed by atoms with van der Waals surface area (Å²) >= 11 is 3.48. The molecule has 0 aliphatic carbocycles. The van der Waals surface area contributed by atoms with Crippen molar-refractivity contribution in [3.63, 3.8) is 0 Å². The van der Waals surface area contributed by atoms with Crippen molar-refractivity contribution in [1.29, 1.82) is 0 Å². The smallest absolute Gasteiger partial charge is 0.166 e. The fourth-order valence-corrected chi connectivity index (χ4v) is 1.60. The van der Waals surface area contributed by atoms with Gasteiger partial charge in [-0.3, -0.25) is 0 Å². The first-order valence-corrected chi connectivity index (χ1v) is 4.91. The van der Waals surface area contributed by atoms with Crippen LogP contribution in [0.4, 0.5) is 5.82 Å². The molecule has 2 aromatic rings. The lowest BCUT2D eigenvalue weighted by Crippen LogP contribution is -2.01. The molecule has 0 amide bonds. The summed E-state index contributed by atoms with van der Waals surface area (Å²) in [4.78, 5) is 1.51. The lowest BCUT2D eigenvalue weighted by molar-refractivity contribution is 0.750. The van der Waals surface area contributed by atoms with Crippen LogP contribution < -0.4 is 5.73 Å². The average Bonchev–Trinajstić information content (AvgIpc) is 2.57. The van der Waals surface area contributed by atoms with E-state index in [1.165, 1.54) is 11.0 Å². The molecule has 0 bridgehead atoms. The van der Waals surface area contributed by atoms with Crippen molar-refractivity contribution in [2.24, 2.45) is 0 Å². The van der Waals surface area contributed by atoms with Gasteiger partial charge in [0.2, 0.25) is 0 Å². The second-order valence-corrected chi connectivity index (χ2v) is 3.76. The van der Waals surface area contributed by atoms with Crippen molar-refractivity contribution in [1.82, 2.24) is 15.0 Å². The molecule has 1 heterocycles. The number of nitrogens with zero attached hydrogens (tertiary/aromatic N) is 3. The normalized spacial score (nSPS) is 10.4. The first-order chi connectivity index (χ1) is 6.68. The molecule has 0 saturated carbocycles. The van der Waals surface area contributed by atoms with Crippen molar-refractivity contribution < 1.29 is 0 Å². The zero-order valence-electron chi connectivity index (χ0n) is 7.61. The third-order valence-corrected chi connectivity index (χ3v) is 2.93. The van der Waals surface area contributed by atoms with Crippen molar-refractivity contribution in [2.75, 3.05) is 5.73 Å². The Balaban J connectivity index is 2.57. The zero-order valence-corrected chi connectivity index (χ0v) is 9.19. The molecule has 5 heteroatoms. The minimum absolute atomic E-state index is 0.415. The van der Waals surface area contributed by atoms with Crippen LogP contribution in [0.25, 0.3) is 5.69 Å². The Labute approximate surface area is 89.9 Å². The van der Waals surface area contributed by atoms with Crippen molar-refractivity contribution in [3.8, 4) is 5.69 Å². The Morgan fingerprint density at radius 2 is 2.21 bits per heavy atom. The predicted molar refractivity (Wildman–Crippen MR) is 58.2 cm³/mol. The van der Waals surface area contributed by atoms with Crippen LogP contribution >= 0.6 is 15.9 Å². The van der Waals surface area contributed by atoms with Crippen LogP contribution in [0.3, 0.4) is 0 Å². The minimum atomic E-state index is 0.415. The number of benzene rings is 1. The molecule has 2 rings (SSSR count). The topological polar surface area (TPSA) is 56.7 Å². The molecule has 0 radical (unpaired) electrons. The summed E-state index contributed by atoms with van der Waals surface area (Å²) < 4.78 is 0.982. The van der Waals surface area contributed by atoms with Gasteiger partial charge in [-0.05, 0) is 34.5 Å². The van der Waals surface area contributed by atoms with Gasteiger partial charge in [-0.2, -0.15) is 5.10 Å². The van der Waals surface area contributed by atoms with E-state index in [9.17, 15) is 0 Å². The Kier molecular flexibility index (Phi) is 2.25. The SMILES string of the molecule is Cc1cccc(-n2ncc(N)n2)c1Br. The molecule has 2 N–H and O–H groups in total. The molecule has 0 atom stereocenters. The summed E-state index contributed by atoms with van der Waals surface area (Å²) in [6.07, 6.45) is 1.52. The second-order valence-electron chi connectivity index (χ2n) is 2.97. The van der Waals surface area contributed by atoms with Gasteiger partial charge in [-0.25, -0.2) is 0 Å². The summed E-state index contributed by atoms with van der Waals surface area (Å²) in [5.41, 5.74) is 7.52. The van der Waals surface area contributed by atoms with Crippen molar-refractivity contribution in [3.05, 3.63) is 34.4 Å². The standard InChI is InChI=1S/C9H9BrN4/c1-6-3-2-4-7(9(6)10)14-12-5-8(11)13-14/h2-5H,1H3,(H2,11,13). The van der Waals surface area contributed by atoms with E-state index in [-0.39, 0.29) is 0 Å². The summed E-state index contributed by atoms with van der Waals surface area (Å²) in [7, 11) is 0. The van der Waals surface area contributed by atoms with E-state index in [2.05, 4.69) is 26.1 Å². The van der Waals surface area contributed by atoms with Gasteiger partial charge in [0, 0.05) is 4.47 Å². The molecular formula is C9H9BrN4. The molecule has 0 fully saturated rings. The third kappa shape index (κ3) is 1.50. The molecule has 4 nitrogen and oxygen atoms in total. The van der Waals surface area contributed by atoms with E-state index in [4.69, 9.17) is 5.73 Å². The van der Waals surface area contributed by atoms with Crippen LogP contribution in [-0.4, -0.2) is 15.0 Å². The second kappa shape index (κ2) is 3.42. The van der Waals surface area contributed by atoms with Gasteiger partial charge in [0.05, 0.1) is 6.20 Å². The molecule has 72 valence electrons. The van der Waals surface area contributed by atoms with Gasteiger partial charge in [-0.1, -0.05) is 12.1 Å². The van der Waals surface area contributed by atoms with E-state index in [1.54, 1.807) is 0 Å². The first-order valence-electron chi connectivity index (χ1n) is 4.12. The van der Waals surface area contributed by atoms with E-state index in [1.807, 2.05) is 25.1 Å². The fraction of sp³-hybridized carbons (Fsp3) is 0.111. The monoisotopic (exact) mass is 252 g/mol. The number of hydrogen-bond acceptors (Lipinski definition) is 3. The largest absolute Gasteiger partial charge is 0.381 e. The Morgan fingerprint density at radius 3 is 2.86 bits per heavy atom. The number of hydrogen-bond donors (Lipinski definition) is 1. The lowest BCUT2D eigenvalue weighted by Gasteiger charge is -2.04. The van der Waals surface area contributed by atoms with Crippen LogP contribution in [0.15, 0.2) is 28.9 Å². The highest BCUT2D eigenvalue weighted by Gasteiger charge is 2.06. The minimum Gasteiger partial charge on any atom is -0.381 e. The number of aryl methyl sites for hydroxylation is 1.